The van der Waals surface area contributed by atoms with Gasteiger partial charge in [-0.05, 0) is 77.1 Å². The van der Waals surface area contributed by atoms with Gasteiger partial charge < -0.3 is 11.0 Å². The number of hydrogen-bond acceptors (Lipinski definition) is 1. The molecule has 0 aliphatic heterocycles. The third-order valence-electron chi connectivity index (χ3n) is 9.94. The first-order valence-electron chi connectivity index (χ1n) is 20.2. The molecule has 7 rings (SSSR count). The second kappa shape index (κ2) is 21.7. The molecule has 57 heavy (non-hydrogen) atoms. The van der Waals surface area contributed by atoms with Crippen LogP contribution in [0.2, 0.25) is 0 Å². The number of nitrogens with zero attached hydrogens (tertiary/aromatic N) is 3. The number of H-pyrrole nitrogens is 1. The van der Waals surface area contributed by atoms with Gasteiger partial charge in [-0.2, -0.15) is 18.4 Å². The Morgan fingerprint density at radius 3 is 1.65 bits per heavy atom. The summed E-state index contributed by atoms with van der Waals surface area (Å²) in [5.74, 6) is 3.79. The van der Waals surface area contributed by atoms with E-state index < -0.39 is 0 Å². The van der Waals surface area contributed by atoms with E-state index in [4.69, 9.17) is 0 Å². The topological polar surface area (TPSA) is 36.9 Å². The van der Waals surface area contributed by atoms with E-state index in [1.165, 1.54) is 55.9 Å². The van der Waals surface area contributed by atoms with Gasteiger partial charge in [0, 0.05) is 29.2 Å². The third kappa shape index (κ3) is 11.1. The summed E-state index contributed by atoms with van der Waals surface area (Å²) in [6, 6.07) is 42.1. The Kier molecular flexibility index (Phi) is 17.4. The van der Waals surface area contributed by atoms with Gasteiger partial charge >= 0.3 is 45.5 Å². The second-order valence-corrected chi connectivity index (χ2v) is 15.8. The van der Waals surface area contributed by atoms with Gasteiger partial charge in [-0.25, -0.2) is 4.98 Å². The number of hydrogen-bond donors (Lipinski definition) is 0. The first-order chi connectivity index (χ1) is 27.0. The molecule has 0 atom stereocenters. The fraction of sp³-hybridized carbons (Fsp3) is 0.288. The van der Waals surface area contributed by atoms with Crippen LogP contribution in [0, 0.1) is 19.4 Å². The van der Waals surface area contributed by atoms with Crippen LogP contribution >= 0.6 is 0 Å². The van der Waals surface area contributed by atoms with Crippen molar-refractivity contribution in [2.45, 2.75) is 99.8 Å². The number of aryl methyl sites for hydroxylation is 1. The van der Waals surface area contributed by atoms with Gasteiger partial charge in [0.1, 0.15) is 18.1 Å². The van der Waals surface area contributed by atoms with E-state index in [1.807, 2.05) is 50.9 Å². The standard InChI is InChI=1S/C28H30N2.C21H23N2.C3H7.Sr/c1-19(2)25-17-24(22-13-11-21(5)12-14-22)18-26(20(3)4)27(25)30-16-15-29-28(30)23-9-7-6-8-10-23;1-15(2)18-11-8-12-19(16(3)4)20(18)23-14-13-22-21(23)17-9-6-5-7-10-17;1-3-2;/h6-20H,1-5H3;5-9,11-16H,1-4H3;3H,1-2H3;/q;2*-1;+2/p+1. The minimum Gasteiger partial charge on any atom is -0.340 e. The van der Waals surface area contributed by atoms with Gasteiger partial charge in [0.2, 0.25) is 0 Å². The molecule has 0 amide bonds. The number of imidazole rings is 2. The molecule has 0 aliphatic carbocycles. The van der Waals surface area contributed by atoms with Crippen LogP contribution < -0.4 is 4.98 Å². The molecular formula is C52H61N4Sr+. The zero-order chi connectivity index (χ0) is 40.4. The van der Waals surface area contributed by atoms with E-state index in [-0.39, 0.29) is 45.5 Å². The van der Waals surface area contributed by atoms with Crippen LogP contribution in [0.5, 0.6) is 0 Å². The average molecular weight is 830 g/mol. The summed E-state index contributed by atoms with van der Waals surface area (Å²) in [5, 5.41) is 0. The van der Waals surface area contributed by atoms with Crippen molar-refractivity contribution in [1.29, 1.82) is 0 Å². The summed E-state index contributed by atoms with van der Waals surface area (Å²) in [4.78, 5) is 8.06. The van der Waals surface area contributed by atoms with Crippen molar-refractivity contribution in [3.63, 3.8) is 0 Å². The van der Waals surface area contributed by atoms with Gasteiger partial charge in [0.25, 0.3) is 5.82 Å². The summed E-state index contributed by atoms with van der Waals surface area (Å²) >= 11 is 0. The van der Waals surface area contributed by atoms with E-state index in [2.05, 4.69) is 191 Å². The van der Waals surface area contributed by atoms with Crippen molar-refractivity contribution in [2.75, 3.05) is 0 Å². The largest absolute Gasteiger partial charge is 2.00 e. The van der Waals surface area contributed by atoms with Gasteiger partial charge in [0.05, 0.1) is 11.4 Å². The van der Waals surface area contributed by atoms with Crippen LogP contribution in [0.3, 0.4) is 0 Å². The molecule has 2 heterocycles. The van der Waals surface area contributed by atoms with Gasteiger partial charge in [-0.1, -0.05) is 122 Å². The molecular weight excluding hydrogens is 768 g/mol. The molecule has 0 radical (unpaired) electrons. The van der Waals surface area contributed by atoms with Gasteiger partial charge in [-0.15, -0.1) is 35.9 Å². The Balaban J connectivity index is 0.000000239. The van der Waals surface area contributed by atoms with Crippen LogP contribution in [0.15, 0.2) is 134 Å². The van der Waals surface area contributed by atoms with Crippen molar-refractivity contribution < 1.29 is 4.98 Å². The van der Waals surface area contributed by atoms with E-state index >= 15 is 0 Å². The Labute approximate surface area is 380 Å². The smallest absolute Gasteiger partial charge is 0.340 e. The summed E-state index contributed by atoms with van der Waals surface area (Å²) in [7, 11) is 0. The monoisotopic (exact) mass is 829 g/mol. The molecule has 0 saturated carbocycles. The molecule has 0 bridgehead atoms. The minimum absolute atomic E-state index is 0. The molecule has 1 N–H and O–H groups in total. The molecule has 2 aromatic heterocycles. The number of para-hydroxylation sites is 1. The van der Waals surface area contributed by atoms with Gasteiger partial charge in [0.15, 0.2) is 0 Å². The van der Waals surface area contributed by atoms with E-state index in [0.29, 0.717) is 23.7 Å². The molecule has 0 unspecified atom stereocenters. The maximum absolute atomic E-state index is 4.60. The summed E-state index contributed by atoms with van der Waals surface area (Å²) in [6.07, 6.45) is 10.1. The minimum atomic E-state index is 0. The molecule has 5 aromatic carbocycles. The van der Waals surface area contributed by atoms with Crippen molar-refractivity contribution in [2.24, 2.45) is 0 Å². The van der Waals surface area contributed by atoms with Crippen molar-refractivity contribution in [3.05, 3.63) is 174 Å². The average Bonchev–Trinajstić information content (AvgIpc) is 3.89. The fourth-order valence-electron chi connectivity index (χ4n) is 7.10. The third-order valence-corrected chi connectivity index (χ3v) is 9.94. The quantitative estimate of drug-likeness (QED) is 0.105. The predicted octanol–water partition coefficient (Wildman–Crippen LogP) is 13.6. The first-order valence-corrected chi connectivity index (χ1v) is 20.2. The number of rotatable bonds is 9. The summed E-state index contributed by atoms with van der Waals surface area (Å²) in [5.41, 5.74) is 14.1. The Morgan fingerprint density at radius 1 is 0.579 bits per heavy atom. The number of benzene rings is 5. The molecule has 0 saturated heterocycles. The number of nitrogens with one attached hydrogen (secondary N) is 1. The SMILES string of the molecule is CC(C)c1cccc(C(C)C)c1-n1ccnc1-c1[c-]cccc1.C[CH-]C.Cc1ccc(-c2cc(C(C)C)c(-n3cc[nH+]c3-c3ccccc3)c(C(C)C)c2)cc1.[Sr+2]. The zero-order valence-corrected chi connectivity index (χ0v) is 39.6. The van der Waals surface area contributed by atoms with Crippen LogP contribution in [0.25, 0.3) is 45.3 Å². The molecule has 7 aromatic rings. The Morgan fingerprint density at radius 2 is 1.12 bits per heavy atom. The fourth-order valence-corrected chi connectivity index (χ4v) is 7.10. The Bertz CT molecular complexity index is 2200. The van der Waals surface area contributed by atoms with Crippen molar-refractivity contribution >= 4 is 45.5 Å². The van der Waals surface area contributed by atoms with E-state index in [1.54, 1.807) is 0 Å². The predicted molar refractivity (Wildman–Crippen MR) is 244 cm³/mol. The number of aromatic nitrogens is 4. The zero-order valence-electron chi connectivity index (χ0n) is 36.1. The normalized spacial score (nSPS) is 10.9. The van der Waals surface area contributed by atoms with Gasteiger partial charge in [-0.3, -0.25) is 4.98 Å². The molecule has 5 heteroatoms. The molecule has 0 spiro atoms. The molecule has 0 fully saturated rings. The second-order valence-electron chi connectivity index (χ2n) is 15.8. The summed E-state index contributed by atoms with van der Waals surface area (Å²) < 4.78 is 4.55. The van der Waals surface area contributed by atoms with Crippen molar-refractivity contribution in [3.8, 4) is 45.3 Å². The first kappa shape index (κ1) is 45.7. The maximum Gasteiger partial charge on any atom is 2.00 e. The molecule has 0 aliphatic rings. The van der Waals surface area contributed by atoms with Crippen LogP contribution in [-0.2, 0) is 0 Å². The molecule has 4 nitrogen and oxygen atoms in total. The van der Waals surface area contributed by atoms with Crippen molar-refractivity contribution in [1.82, 2.24) is 14.1 Å². The number of aromatic amines is 1. The maximum atomic E-state index is 4.60. The van der Waals surface area contributed by atoms with E-state index in [9.17, 15) is 0 Å². The van der Waals surface area contributed by atoms with Crippen LogP contribution in [0.1, 0.15) is 121 Å². The molecule has 290 valence electrons. The van der Waals surface area contributed by atoms with Crippen LogP contribution in [-0.4, -0.2) is 59.6 Å². The Hall–Kier alpha value is -4.00. The summed E-state index contributed by atoms with van der Waals surface area (Å²) in [6.45, 7) is 24.3. The van der Waals surface area contributed by atoms with Crippen LogP contribution in [0.4, 0.5) is 0 Å². The van der Waals surface area contributed by atoms with E-state index in [0.717, 1.165) is 17.2 Å².